The molecule has 0 spiro atoms. The fraction of sp³-hybridized carbons (Fsp3) is 0.524. The van der Waals surface area contributed by atoms with E-state index in [0.29, 0.717) is 6.04 Å². The van der Waals surface area contributed by atoms with Gasteiger partial charge in [-0.1, -0.05) is 0 Å². The summed E-state index contributed by atoms with van der Waals surface area (Å²) in [5.74, 6) is 0.716. The average Bonchev–Trinajstić information content (AvgIpc) is 3.43. The second-order valence-corrected chi connectivity index (χ2v) is 7.49. The van der Waals surface area contributed by atoms with Gasteiger partial charge < -0.3 is 15.0 Å². The predicted molar refractivity (Wildman–Crippen MR) is 126 cm³/mol. The van der Waals surface area contributed by atoms with E-state index in [1.165, 1.54) is 18.6 Å². The smallest absolute Gasteiger partial charge is 0.193 e. The van der Waals surface area contributed by atoms with E-state index in [2.05, 4.69) is 25.2 Å². The normalized spacial score (nSPS) is 20.3. The Bertz CT molecular complexity index is 821. The van der Waals surface area contributed by atoms with Crippen LogP contribution in [0.4, 0.5) is 4.39 Å². The number of benzene rings is 1. The molecule has 2 aromatic rings. The summed E-state index contributed by atoms with van der Waals surface area (Å²) in [5.41, 5.74) is 1.84. The molecule has 0 aliphatic carbocycles. The molecule has 0 saturated carbocycles. The van der Waals surface area contributed by atoms with Crippen molar-refractivity contribution in [1.82, 2.24) is 24.9 Å². The van der Waals surface area contributed by atoms with Crippen LogP contribution in [0.1, 0.15) is 12.1 Å². The van der Waals surface area contributed by atoms with E-state index in [-0.39, 0.29) is 29.8 Å². The highest BCUT2D eigenvalue weighted by Crippen LogP contribution is 2.17. The maximum atomic E-state index is 13.1. The lowest BCUT2D eigenvalue weighted by atomic mass is 10.2. The second kappa shape index (κ2) is 11.1. The molecular weight excluding hydrogens is 498 g/mol. The molecule has 30 heavy (non-hydrogen) atoms. The third-order valence-corrected chi connectivity index (χ3v) is 5.64. The number of morpholine rings is 1. The van der Waals surface area contributed by atoms with Gasteiger partial charge in [0, 0.05) is 58.4 Å². The Labute approximate surface area is 194 Å². The van der Waals surface area contributed by atoms with Crippen molar-refractivity contribution >= 4 is 29.9 Å². The van der Waals surface area contributed by atoms with Crippen LogP contribution in [-0.2, 0) is 11.2 Å². The Kier molecular flexibility index (Phi) is 8.46. The van der Waals surface area contributed by atoms with Crippen LogP contribution in [0.25, 0.3) is 5.69 Å². The van der Waals surface area contributed by atoms with Crippen LogP contribution < -0.4 is 5.32 Å². The third kappa shape index (κ3) is 5.70. The number of hydrogen-bond donors (Lipinski definition) is 1. The molecule has 2 fully saturated rings. The van der Waals surface area contributed by atoms with Crippen molar-refractivity contribution in [3.63, 3.8) is 0 Å². The zero-order chi connectivity index (χ0) is 20.1. The number of aliphatic imine (C=N–C) groups is 1. The molecule has 1 aromatic heterocycles. The minimum atomic E-state index is -0.241. The Morgan fingerprint density at radius 3 is 2.70 bits per heavy atom. The van der Waals surface area contributed by atoms with Crippen molar-refractivity contribution in [2.75, 3.05) is 53.0 Å². The van der Waals surface area contributed by atoms with Gasteiger partial charge >= 0.3 is 0 Å². The molecule has 9 heteroatoms. The number of rotatable bonds is 5. The van der Waals surface area contributed by atoms with Crippen molar-refractivity contribution < 1.29 is 9.13 Å². The quantitative estimate of drug-likeness (QED) is 0.367. The van der Waals surface area contributed by atoms with Crippen LogP contribution in [0.5, 0.6) is 0 Å². The van der Waals surface area contributed by atoms with Crippen molar-refractivity contribution in [2.45, 2.75) is 18.9 Å². The van der Waals surface area contributed by atoms with Crippen molar-refractivity contribution in [3.8, 4) is 5.69 Å². The van der Waals surface area contributed by atoms with Gasteiger partial charge in [0.2, 0.25) is 0 Å². The molecule has 2 saturated heterocycles. The minimum absolute atomic E-state index is 0. The van der Waals surface area contributed by atoms with E-state index in [0.717, 1.165) is 69.7 Å². The Hall–Kier alpha value is -1.72. The van der Waals surface area contributed by atoms with Gasteiger partial charge in [0.15, 0.2) is 5.96 Å². The summed E-state index contributed by atoms with van der Waals surface area (Å²) >= 11 is 0. The molecular formula is C21H30FIN6O. The summed E-state index contributed by atoms with van der Waals surface area (Å²) in [7, 11) is 1.84. The van der Waals surface area contributed by atoms with Crippen molar-refractivity contribution in [3.05, 3.63) is 48.0 Å². The summed E-state index contributed by atoms with van der Waals surface area (Å²) in [6, 6.07) is 8.93. The molecule has 0 bridgehead atoms. The molecule has 7 nitrogen and oxygen atoms in total. The first-order valence-corrected chi connectivity index (χ1v) is 10.3. The Morgan fingerprint density at radius 2 is 1.97 bits per heavy atom. The van der Waals surface area contributed by atoms with Gasteiger partial charge in [0.05, 0.1) is 24.6 Å². The van der Waals surface area contributed by atoms with Crippen LogP contribution in [0.3, 0.4) is 0 Å². The zero-order valence-corrected chi connectivity index (χ0v) is 19.7. The van der Waals surface area contributed by atoms with E-state index < -0.39 is 0 Å². The zero-order valence-electron chi connectivity index (χ0n) is 17.3. The van der Waals surface area contributed by atoms with Crippen LogP contribution in [0, 0.1) is 5.82 Å². The lowest BCUT2D eigenvalue weighted by molar-refractivity contribution is 0.0195. The first kappa shape index (κ1) is 23.0. The van der Waals surface area contributed by atoms with Gasteiger partial charge in [0.1, 0.15) is 5.82 Å². The highest BCUT2D eigenvalue weighted by molar-refractivity contribution is 14.0. The molecule has 1 aromatic carbocycles. The molecule has 4 rings (SSSR count). The number of aromatic nitrogens is 2. The van der Waals surface area contributed by atoms with Gasteiger partial charge in [-0.05, 0) is 36.8 Å². The van der Waals surface area contributed by atoms with Crippen LogP contribution in [-0.4, -0.2) is 84.6 Å². The van der Waals surface area contributed by atoms with E-state index in [1.54, 1.807) is 16.8 Å². The fourth-order valence-corrected chi connectivity index (χ4v) is 4.04. The maximum absolute atomic E-state index is 13.1. The van der Waals surface area contributed by atoms with E-state index >= 15 is 0 Å². The molecule has 2 aliphatic heterocycles. The van der Waals surface area contributed by atoms with Gasteiger partial charge in [-0.2, -0.15) is 5.10 Å². The number of halogens is 2. The van der Waals surface area contributed by atoms with Crippen LogP contribution in [0.15, 0.2) is 41.5 Å². The molecule has 164 valence electrons. The lowest BCUT2D eigenvalue weighted by Gasteiger charge is -2.32. The molecule has 0 amide bonds. The number of nitrogens with zero attached hydrogens (tertiary/aromatic N) is 5. The molecule has 2 aliphatic rings. The molecule has 1 N–H and O–H groups in total. The predicted octanol–water partition coefficient (Wildman–Crippen LogP) is 2.15. The van der Waals surface area contributed by atoms with Gasteiger partial charge in [-0.15, -0.1) is 24.0 Å². The maximum Gasteiger partial charge on any atom is 0.193 e. The Morgan fingerprint density at radius 1 is 1.20 bits per heavy atom. The molecule has 0 radical (unpaired) electrons. The van der Waals surface area contributed by atoms with Crippen LogP contribution >= 0.6 is 24.0 Å². The summed E-state index contributed by atoms with van der Waals surface area (Å²) in [6.07, 6.45) is 3.88. The number of ether oxygens (including phenoxy) is 1. The summed E-state index contributed by atoms with van der Waals surface area (Å²) < 4.78 is 20.3. The molecule has 1 atom stereocenters. The van der Waals surface area contributed by atoms with Crippen LogP contribution in [0.2, 0.25) is 0 Å². The summed E-state index contributed by atoms with van der Waals surface area (Å²) in [6.45, 7) is 6.55. The van der Waals surface area contributed by atoms with E-state index in [4.69, 9.17) is 4.74 Å². The standard InChI is InChI=1S/C21H29FN6O.HI/c1-23-21(27-10-8-20(16-27)26-12-14-29-15-13-26)24-9-6-18-7-11-28(25-18)19-4-2-17(22)3-5-19;/h2-5,7,11,20H,6,8-10,12-16H2,1H3,(H,23,24);1H. The van der Waals surface area contributed by atoms with Crippen molar-refractivity contribution in [2.24, 2.45) is 4.99 Å². The van der Waals surface area contributed by atoms with E-state index in [9.17, 15) is 4.39 Å². The number of nitrogens with one attached hydrogen (secondary N) is 1. The van der Waals surface area contributed by atoms with Gasteiger partial charge in [-0.3, -0.25) is 9.89 Å². The largest absolute Gasteiger partial charge is 0.379 e. The fourth-order valence-electron chi connectivity index (χ4n) is 4.04. The minimum Gasteiger partial charge on any atom is -0.379 e. The lowest BCUT2D eigenvalue weighted by Crippen LogP contribution is -2.46. The van der Waals surface area contributed by atoms with Gasteiger partial charge in [0.25, 0.3) is 0 Å². The topological polar surface area (TPSA) is 57.9 Å². The number of guanidine groups is 1. The monoisotopic (exact) mass is 528 g/mol. The summed E-state index contributed by atoms with van der Waals surface area (Å²) in [5, 5.41) is 8.06. The number of likely N-dealkylation sites (tertiary alicyclic amines) is 1. The van der Waals surface area contributed by atoms with Crippen molar-refractivity contribution in [1.29, 1.82) is 0 Å². The SMILES string of the molecule is CN=C(NCCc1ccn(-c2ccc(F)cc2)n1)N1CCC(N2CCOCC2)C1.I. The highest BCUT2D eigenvalue weighted by atomic mass is 127. The highest BCUT2D eigenvalue weighted by Gasteiger charge is 2.30. The Balaban J connectivity index is 0.00000256. The van der Waals surface area contributed by atoms with E-state index in [1.807, 2.05) is 19.3 Å². The average molecular weight is 528 g/mol. The third-order valence-electron chi connectivity index (χ3n) is 5.64. The first-order valence-electron chi connectivity index (χ1n) is 10.3. The van der Waals surface area contributed by atoms with Gasteiger partial charge in [-0.25, -0.2) is 9.07 Å². The summed E-state index contributed by atoms with van der Waals surface area (Å²) in [4.78, 5) is 9.35. The number of hydrogen-bond acceptors (Lipinski definition) is 4. The second-order valence-electron chi connectivity index (χ2n) is 7.49. The first-order chi connectivity index (χ1) is 14.2. The molecule has 1 unspecified atom stereocenters. The molecule has 3 heterocycles.